The van der Waals surface area contributed by atoms with E-state index in [1.807, 2.05) is 0 Å². The Balaban J connectivity index is 2.44. The number of nitrogens with two attached hydrogens (primary N) is 1. The van der Waals surface area contributed by atoms with Gasteiger partial charge in [0.15, 0.2) is 0 Å². The van der Waals surface area contributed by atoms with Crippen molar-refractivity contribution >= 4 is 31.9 Å². The first-order valence-electron chi connectivity index (χ1n) is 5.75. The molecule has 2 rings (SSSR count). The molecular formula is C11H11BrF2N2O4S. The predicted octanol–water partition coefficient (Wildman–Crippen LogP) is 0.904. The van der Waals surface area contributed by atoms with Crippen LogP contribution in [0.3, 0.4) is 0 Å². The molecule has 116 valence electrons. The number of rotatable bonds is 3. The fourth-order valence-corrected chi connectivity index (χ4v) is 4.70. The van der Waals surface area contributed by atoms with Gasteiger partial charge in [-0.2, -0.15) is 4.31 Å². The molecule has 1 unspecified atom stereocenters. The van der Waals surface area contributed by atoms with Crippen LogP contribution in [0.25, 0.3) is 0 Å². The third kappa shape index (κ3) is 2.80. The largest absolute Gasteiger partial charge is 0.480 e. The molecule has 6 nitrogen and oxygen atoms in total. The van der Waals surface area contributed by atoms with Crippen LogP contribution in [0, 0.1) is 11.6 Å². The molecule has 0 bridgehead atoms. The lowest BCUT2D eigenvalue weighted by Crippen LogP contribution is -2.50. The van der Waals surface area contributed by atoms with Gasteiger partial charge in [-0.15, -0.1) is 0 Å². The summed E-state index contributed by atoms with van der Waals surface area (Å²) in [6.07, 6.45) is -0.0952. The number of carboxylic acid groups (broad SMARTS) is 1. The van der Waals surface area contributed by atoms with Crippen LogP contribution in [-0.2, 0) is 14.8 Å². The van der Waals surface area contributed by atoms with Gasteiger partial charge in [0.05, 0.1) is 0 Å². The van der Waals surface area contributed by atoms with Crippen LogP contribution < -0.4 is 5.73 Å². The summed E-state index contributed by atoms with van der Waals surface area (Å²) in [5.74, 6) is -3.52. The normalized spacial score (nSPS) is 23.4. The number of sulfonamides is 1. The smallest absolute Gasteiger partial charge is 0.325 e. The minimum Gasteiger partial charge on any atom is -0.480 e. The molecule has 1 aromatic rings. The molecule has 0 amide bonds. The number of aliphatic carboxylic acids is 1. The highest BCUT2D eigenvalue weighted by Crippen LogP contribution is 2.32. The van der Waals surface area contributed by atoms with E-state index in [4.69, 9.17) is 10.8 Å². The highest BCUT2D eigenvalue weighted by atomic mass is 79.9. The zero-order valence-corrected chi connectivity index (χ0v) is 12.9. The zero-order chi connectivity index (χ0) is 16.0. The molecule has 1 aromatic carbocycles. The first-order chi connectivity index (χ1) is 9.58. The Morgan fingerprint density at radius 2 is 2.05 bits per heavy atom. The van der Waals surface area contributed by atoms with Crippen molar-refractivity contribution in [3.05, 3.63) is 28.2 Å². The average Bonchev–Trinajstić information content (AvgIpc) is 2.72. The number of benzene rings is 1. The Bertz CT molecular complexity index is 689. The Hall–Kier alpha value is -1.10. The molecule has 10 heteroatoms. The van der Waals surface area contributed by atoms with E-state index in [-0.39, 0.29) is 17.4 Å². The standard InChI is InChI=1S/C11H11BrF2N2O4S/c12-7-3-6(13)4-8(14)9(7)21(19,20)16-2-1-11(15,5-16)10(17)18/h3-4H,1-2,5,15H2,(H,17,18). The van der Waals surface area contributed by atoms with Gasteiger partial charge in [0, 0.05) is 23.6 Å². The Kier molecular flexibility index (Phi) is 4.08. The van der Waals surface area contributed by atoms with Crippen molar-refractivity contribution < 1.29 is 27.1 Å². The maximum Gasteiger partial charge on any atom is 0.325 e. The van der Waals surface area contributed by atoms with Crippen molar-refractivity contribution in [1.82, 2.24) is 4.31 Å². The molecule has 1 fully saturated rings. The van der Waals surface area contributed by atoms with Gasteiger partial charge < -0.3 is 10.8 Å². The van der Waals surface area contributed by atoms with E-state index in [0.29, 0.717) is 6.07 Å². The summed E-state index contributed by atoms with van der Waals surface area (Å²) in [6, 6.07) is 1.26. The quantitative estimate of drug-likeness (QED) is 0.806. The predicted molar refractivity (Wildman–Crippen MR) is 72.0 cm³/mol. The molecule has 0 saturated carbocycles. The fraction of sp³-hybridized carbons (Fsp3) is 0.364. The molecule has 0 spiro atoms. The van der Waals surface area contributed by atoms with Gasteiger partial charge in [-0.1, -0.05) is 0 Å². The first-order valence-corrected chi connectivity index (χ1v) is 7.98. The summed E-state index contributed by atoms with van der Waals surface area (Å²) in [6.45, 7) is -0.637. The lowest BCUT2D eigenvalue weighted by molar-refractivity contribution is -0.142. The minimum absolute atomic E-state index is 0.0952. The fourth-order valence-electron chi connectivity index (χ4n) is 2.08. The van der Waals surface area contributed by atoms with Crippen molar-refractivity contribution in [3.8, 4) is 0 Å². The Morgan fingerprint density at radius 3 is 2.52 bits per heavy atom. The summed E-state index contributed by atoms with van der Waals surface area (Å²) in [5, 5.41) is 8.99. The van der Waals surface area contributed by atoms with Crippen LogP contribution in [0.5, 0.6) is 0 Å². The van der Waals surface area contributed by atoms with E-state index >= 15 is 0 Å². The molecular weight excluding hydrogens is 374 g/mol. The summed E-state index contributed by atoms with van der Waals surface area (Å²) in [5.41, 5.74) is 3.88. The van der Waals surface area contributed by atoms with Crippen LogP contribution in [0.2, 0.25) is 0 Å². The highest BCUT2D eigenvalue weighted by molar-refractivity contribution is 9.10. The van der Waals surface area contributed by atoms with Gasteiger partial charge in [-0.25, -0.2) is 17.2 Å². The van der Waals surface area contributed by atoms with E-state index in [1.165, 1.54) is 0 Å². The van der Waals surface area contributed by atoms with Crippen molar-refractivity contribution in [2.24, 2.45) is 5.73 Å². The van der Waals surface area contributed by atoms with Gasteiger partial charge in [-0.05, 0) is 28.4 Å². The molecule has 0 aromatic heterocycles. The van der Waals surface area contributed by atoms with E-state index in [2.05, 4.69) is 15.9 Å². The monoisotopic (exact) mass is 384 g/mol. The summed E-state index contributed by atoms with van der Waals surface area (Å²) >= 11 is 2.80. The summed E-state index contributed by atoms with van der Waals surface area (Å²) in [7, 11) is -4.32. The maximum absolute atomic E-state index is 13.8. The molecule has 1 aliphatic rings. The van der Waals surface area contributed by atoms with Crippen molar-refractivity contribution in [3.63, 3.8) is 0 Å². The van der Waals surface area contributed by atoms with Crippen LogP contribution in [0.4, 0.5) is 8.78 Å². The van der Waals surface area contributed by atoms with Gasteiger partial charge in [0.25, 0.3) is 0 Å². The number of carboxylic acids is 1. The second kappa shape index (κ2) is 5.27. The van der Waals surface area contributed by atoms with Gasteiger partial charge in [0.2, 0.25) is 10.0 Å². The summed E-state index contributed by atoms with van der Waals surface area (Å²) in [4.78, 5) is 10.3. The van der Waals surface area contributed by atoms with Crippen molar-refractivity contribution in [2.75, 3.05) is 13.1 Å². The van der Waals surface area contributed by atoms with E-state index < -0.39 is 44.6 Å². The Morgan fingerprint density at radius 1 is 1.43 bits per heavy atom. The van der Waals surface area contributed by atoms with Crippen molar-refractivity contribution in [1.29, 1.82) is 0 Å². The lowest BCUT2D eigenvalue weighted by Gasteiger charge is -2.20. The minimum atomic E-state index is -4.32. The van der Waals surface area contributed by atoms with E-state index in [9.17, 15) is 22.0 Å². The molecule has 0 aliphatic carbocycles. The molecule has 1 saturated heterocycles. The molecule has 21 heavy (non-hydrogen) atoms. The number of hydrogen-bond acceptors (Lipinski definition) is 4. The van der Waals surface area contributed by atoms with E-state index in [0.717, 1.165) is 10.4 Å². The third-order valence-electron chi connectivity index (χ3n) is 3.25. The maximum atomic E-state index is 13.8. The molecule has 1 heterocycles. The number of carbonyl (C=O) groups is 1. The first kappa shape index (κ1) is 16.3. The van der Waals surface area contributed by atoms with Crippen LogP contribution >= 0.6 is 15.9 Å². The van der Waals surface area contributed by atoms with Gasteiger partial charge >= 0.3 is 5.97 Å². The average molecular weight is 385 g/mol. The summed E-state index contributed by atoms with van der Waals surface area (Å²) < 4.78 is 52.1. The second-order valence-electron chi connectivity index (χ2n) is 4.75. The third-order valence-corrected chi connectivity index (χ3v) is 6.06. The Labute approximate surface area is 127 Å². The molecule has 0 radical (unpaired) electrons. The highest BCUT2D eigenvalue weighted by Gasteiger charge is 2.46. The molecule has 1 aliphatic heterocycles. The number of hydrogen-bond donors (Lipinski definition) is 2. The van der Waals surface area contributed by atoms with Crippen LogP contribution in [0.1, 0.15) is 6.42 Å². The molecule has 3 N–H and O–H groups in total. The van der Waals surface area contributed by atoms with Gasteiger partial charge in [-0.3, -0.25) is 4.79 Å². The number of nitrogens with zero attached hydrogens (tertiary/aromatic N) is 1. The van der Waals surface area contributed by atoms with Crippen molar-refractivity contribution in [2.45, 2.75) is 16.9 Å². The number of halogens is 3. The SMILES string of the molecule is NC1(C(=O)O)CCN(S(=O)(=O)c2c(F)cc(F)cc2Br)C1. The van der Waals surface area contributed by atoms with E-state index in [1.54, 1.807) is 0 Å². The van der Waals surface area contributed by atoms with Crippen LogP contribution in [-0.4, -0.2) is 42.4 Å². The van der Waals surface area contributed by atoms with Crippen LogP contribution in [0.15, 0.2) is 21.5 Å². The zero-order valence-electron chi connectivity index (χ0n) is 10.5. The molecule has 1 atom stereocenters. The van der Waals surface area contributed by atoms with Gasteiger partial charge in [0.1, 0.15) is 22.1 Å². The lowest BCUT2D eigenvalue weighted by atomic mass is 10.0. The topological polar surface area (TPSA) is 101 Å². The second-order valence-corrected chi connectivity index (χ2v) is 7.48.